The van der Waals surface area contributed by atoms with Gasteiger partial charge in [0.1, 0.15) is 18.0 Å². The number of ether oxygens (including phenoxy) is 3. The first kappa shape index (κ1) is 47.6. The Morgan fingerprint density at radius 3 is 2.47 bits per heavy atom. The number of aromatic hydroxyl groups is 1. The van der Waals surface area contributed by atoms with E-state index in [0.29, 0.717) is 54.1 Å². The lowest BCUT2D eigenvalue weighted by atomic mass is 9.39. The van der Waals surface area contributed by atoms with Crippen molar-refractivity contribution in [1.29, 1.82) is 0 Å². The summed E-state index contributed by atoms with van der Waals surface area (Å²) in [5.41, 5.74) is -1.35. The van der Waals surface area contributed by atoms with Crippen LogP contribution in [0.4, 0.5) is 0 Å². The van der Waals surface area contributed by atoms with Crippen LogP contribution in [0.5, 0.6) is 11.5 Å². The first-order valence-electron chi connectivity index (χ1n) is 28.6. The lowest BCUT2D eigenvalue weighted by Crippen LogP contribution is -2.81. The number of aromatic amines is 1. The van der Waals surface area contributed by atoms with Gasteiger partial charge in [-0.1, -0.05) is 77.2 Å². The van der Waals surface area contributed by atoms with E-state index in [2.05, 4.69) is 34.6 Å². The first-order valence-corrected chi connectivity index (χ1v) is 31.0. The molecule has 75 heavy (non-hydrogen) atoms. The van der Waals surface area contributed by atoms with Gasteiger partial charge >= 0.3 is 5.97 Å². The Hall–Kier alpha value is -3.41. The van der Waals surface area contributed by atoms with Crippen molar-refractivity contribution in [2.45, 2.75) is 156 Å². The highest BCUT2D eigenvalue weighted by atomic mass is 33.1. The molecule has 5 aromatic rings. The Morgan fingerprint density at radius 2 is 1.65 bits per heavy atom. The molecule has 8 N–H and O–H groups in total. The summed E-state index contributed by atoms with van der Waals surface area (Å²) in [6, 6.07) is 22.2. The number of aliphatic hydroxyl groups excluding tert-OH is 3. The van der Waals surface area contributed by atoms with Gasteiger partial charge in [0, 0.05) is 45.6 Å². The quantitative estimate of drug-likeness (QED) is 0.0485. The van der Waals surface area contributed by atoms with Crippen LogP contribution in [-0.2, 0) is 26.3 Å². The number of carbonyl (C=O) groups excluding carboxylic acids is 1. The zero-order chi connectivity index (χ0) is 50.8. The second kappa shape index (κ2) is 16.1. The highest BCUT2D eigenvalue weighted by molar-refractivity contribution is 8.76. The number of aliphatic hydroxyl groups is 5. The molecule has 12 nitrogen and oxygen atoms in total. The number of carbonyl (C=O) groups is 1. The number of nitrogens with one attached hydrogen (secondary N) is 2. The molecule has 396 valence electrons. The molecule has 7 saturated carbocycles. The number of esters is 1. The summed E-state index contributed by atoms with van der Waals surface area (Å²) in [5.74, 6) is -1.12. The zero-order valence-corrected chi connectivity index (χ0v) is 44.2. The Morgan fingerprint density at radius 1 is 0.853 bits per heavy atom. The fourth-order valence-electron chi connectivity index (χ4n) is 21.7. The van der Waals surface area contributed by atoms with Gasteiger partial charge < -0.3 is 55.2 Å². The van der Waals surface area contributed by atoms with Crippen LogP contribution in [0.15, 0.2) is 66.7 Å². The van der Waals surface area contributed by atoms with Crippen molar-refractivity contribution in [2.24, 2.45) is 57.7 Å². The minimum atomic E-state index is -2.61. The summed E-state index contributed by atoms with van der Waals surface area (Å²) in [7, 11) is 5.80. The predicted octanol–water partition coefficient (Wildman–Crippen LogP) is 8.73. The highest BCUT2D eigenvalue weighted by Gasteiger charge is 2.87. The van der Waals surface area contributed by atoms with Gasteiger partial charge in [-0.3, -0.25) is 0 Å². The maximum atomic E-state index is 15.8. The maximum absolute atomic E-state index is 15.8. The van der Waals surface area contributed by atoms with Gasteiger partial charge in [-0.05, 0) is 182 Å². The molecule has 17 rings (SSSR count). The number of H-pyrrole nitrogens is 1. The van der Waals surface area contributed by atoms with Crippen LogP contribution in [0.1, 0.15) is 113 Å². The molecule has 4 aliphatic heterocycles. The average Bonchev–Trinajstić information content (AvgIpc) is 4.50. The monoisotopic (exact) mass is 1050 g/mol. The second-order valence-corrected chi connectivity index (χ2v) is 28.5. The molecule has 4 spiro atoms. The minimum absolute atomic E-state index is 0.0739. The first-order chi connectivity index (χ1) is 36.4. The summed E-state index contributed by atoms with van der Waals surface area (Å²) in [6.07, 6.45) is 6.01. The summed E-state index contributed by atoms with van der Waals surface area (Å²) in [5, 5.41) is 86.2. The Kier molecular flexibility index (Phi) is 10.2. The molecule has 5 heterocycles. The number of hydrogen-bond acceptors (Lipinski definition) is 13. The number of fused-ring (bicyclic) bond motifs is 11. The Labute approximate surface area is 444 Å². The smallest absolute Gasteiger partial charge is 0.343 e. The van der Waals surface area contributed by atoms with Gasteiger partial charge in [0.15, 0.2) is 17.5 Å². The molecule has 0 unspecified atom stereocenters. The lowest BCUT2D eigenvalue weighted by molar-refractivity contribution is -0.400. The maximum Gasteiger partial charge on any atom is 0.343 e. The molecular weight excluding hydrogens is 985 g/mol. The van der Waals surface area contributed by atoms with E-state index in [-0.39, 0.29) is 52.5 Å². The van der Waals surface area contributed by atoms with E-state index in [0.717, 1.165) is 97.3 Å². The predicted molar refractivity (Wildman–Crippen MR) is 287 cm³/mol. The van der Waals surface area contributed by atoms with Crippen LogP contribution >= 0.6 is 21.6 Å². The highest BCUT2D eigenvalue weighted by Crippen LogP contribution is 2.82. The van der Waals surface area contributed by atoms with E-state index in [9.17, 15) is 30.6 Å². The molecule has 3 saturated heterocycles. The molecule has 12 aliphatic rings. The van der Waals surface area contributed by atoms with Crippen molar-refractivity contribution < 1.29 is 49.6 Å². The normalized spacial score (nSPS) is 45.5. The van der Waals surface area contributed by atoms with Crippen molar-refractivity contribution in [3.05, 3.63) is 83.6 Å². The van der Waals surface area contributed by atoms with Crippen LogP contribution in [0.25, 0.3) is 32.4 Å². The van der Waals surface area contributed by atoms with Gasteiger partial charge in [-0.25, -0.2) is 4.79 Å². The molecular formula is C61H70N2O10S2. The Balaban J connectivity index is 0.911. The standard InChI is InChI=1S/C61H70N2O10S2/c1-62-46-29-75-74-28-41-36-12-9-33-22-34-15-20-58(59(34,48(33)36)42-13-11-35(65)24-38(41)42)51(66)40(46)25-39-43-26-57(19-6-18-56(57)16-4-5-17-56)55(68)61(70)60(43,69)53(72-52(39)58)50(73-61)54(67)71-49-45(27-64)63-44-14-10-32-21-30-7-2-3-8-31(30)23-37(32)47(44)49/h2-3,7-8,10-11,13-14,21,23-24,33-34,36,39-41,43,46,48,50-53,55,62-66,68-70H,4-6,9,12,15-20,22,25-29H2,1H3/t33-,34-,36+,39-,40+,41+,43+,46+,48+,50+,51+,52-,53-,55-,57-,58-,59+,60+,61-/m0/s1. The number of benzene rings is 4. The lowest BCUT2D eigenvalue weighted by Gasteiger charge is -2.70. The number of phenolic OH excluding ortho intramolecular Hbond substituents is 1. The van der Waals surface area contributed by atoms with E-state index in [4.69, 9.17) is 14.2 Å². The molecule has 10 fully saturated rings. The van der Waals surface area contributed by atoms with Gasteiger partial charge in [0.2, 0.25) is 5.79 Å². The van der Waals surface area contributed by atoms with Crippen LogP contribution < -0.4 is 10.1 Å². The number of hydrogen-bond donors (Lipinski definition) is 8. The number of rotatable bonds is 4. The summed E-state index contributed by atoms with van der Waals surface area (Å²) >= 11 is 0. The van der Waals surface area contributed by atoms with Gasteiger partial charge in [-0.15, -0.1) is 0 Å². The molecule has 1 aromatic heterocycles. The van der Waals surface area contributed by atoms with E-state index >= 15 is 4.79 Å². The van der Waals surface area contributed by atoms with Crippen LogP contribution in [0.2, 0.25) is 0 Å². The molecule has 0 amide bonds. The van der Waals surface area contributed by atoms with Gasteiger partial charge in [0.25, 0.3) is 0 Å². The molecule has 19 atom stereocenters. The average molecular weight is 1060 g/mol. The second-order valence-electron chi connectivity index (χ2n) is 25.9. The van der Waals surface area contributed by atoms with Crippen molar-refractivity contribution in [2.75, 3.05) is 18.6 Å². The fraction of sp³-hybridized carbons (Fsp3) is 0.623. The molecule has 14 heteroatoms. The molecule has 0 radical (unpaired) electrons. The van der Waals surface area contributed by atoms with Crippen molar-refractivity contribution in [3.8, 4) is 11.5 Å². The van der Waals surface area contributed by atoms with Crippen molar-refractivity contribution in [1.82, 2.24) is 10.3 Å². The minimum Gasteiger partial charge on any atom is -0.508 e. The largest absolute Gasteiger partial charge is 0.508 e. The Bertz CT molecular complexity index is 3210. The van der Waals surface area contributed by atoms with Crippen molar-refractivity contribution >= 4 is 60.0 Å². The van der Waals surface area contributed by atoms with E-state index in [1.54, 1.807) is 0 Å². The van der Waals surface area contributed by atoms with E-state index < -0.39 is 76.6 Å². The number of aromatic nitrogens is 1. The third kappa shape index (κ3) is 5.60. The van der Waals surface area contributed by atoms with Crippen LogP contribution in [0, 0.1) is 57.7 Å². The van der Waals surface area contributed by atoms with Gasteiger partial charge in [-0.2, -0.15) is 0 Å². The molecule has 4 aromatic carbocycles. The number of phenols is 1. The van der Waals surface area contributed by atoms with Crippen molar-refractivity contribution in [3.63, 3.8) is 0 Å². The molecule has 8 aliphatic carbocycles. The fourth-order valence-corrected chi connectivity index (χ4v) is 24.5. The zero-order valence-electron chi connectivity index (χ0n) is 42.6. The summed E-state index contributed by atoms with van der Waals surface area (Å²) < 4.78 is 21.4. The third-order valence-electron chi connectivity index (χ3n) is 24.1. The SMILES string of the molecule is CN[C@@H]1CSSC[C@H]2c3cc(O)ccc3[C@@]34[C@@H](CC[C@@]35[C@H](O)[C@@H]1C[C@H]1[C@H]3C[C@@]6(CCCC67CCCC7)[C@H](O)[C@]6(O)O[C@@H](C(=O)Oc7c(CO)[nH]c8ccc9cc%10ccccc%10cc9c78)[C@H](O[C@@H]15)[C@]36O)C[C@@H]1CC[C@H]2[C@@H]14. The summed E-state index contributed by atoms with van der Waals surface area (Å²) in [6.45, 7) is -0.459. The molecule has 4 bridgehead atoms. The van der Waals surface area contributed by atoms with E-state index in [1.165, 1.54) is 11.1 Å². The van der Waals surface area contributed by atoms with E-state index in [1.807, 2.05) is 71.1 Å². The van der Waals surface area contributed by atoms with Gasteiger partial charge in [0.05, 0.1) is 35.4 Å². The van der Waals surface area contributed by atoms with Crippen LogP contribution in [0.3, 0.4) is 0 Å². The third-order valence-corrected chi connectivity index (χ3v) is 26.6. The topological polar surface area (TPSA) is 194 Å². The summed E-state index contributed by atoms with van der Waals surface area (Å²) in [4.78, 5) is 19.1. The van der Waals surface area contributed by atoms with Crippen LogP contribution in [-0.4, -0.2) is 108 Å².